The molecule has 1 aliphatic heterocycles. The number of benzene rings is 1. The molecule has 0 spiro atoms. The number of urea groups is 1. The molecule has 9 nitrogen and oxygen atoms in total. The second kappa shape index (κ2) is 7.85. The normalized spacial score (nSPS) is 16.5. The molecule has 2 heterocycles. The molecule has 1 aromatic carbocycles. The summed E-state index contributed by atoms with van der Waals surface area (Å²) in [7, 11) is 0. The Morgan fingerprint density at radius 3 is 2.77 bits per heavy atom. The van der Waals surface area contributed by atoms with Crippen LogP contribution in [0.3, 0.4) is 0 Å². The number of carbonyl (C=O) groups is 2. The van der Waals surface area contributed by atoms with Gasteiger partial charge in [-0.05, 0) is 37.5 Å². The van der Waals surface area contributed by atoms with Crippen LogP contribution in [0.1, 0.15) is 36.2 Å². The van der Waals surface area contributed by atoms with Crippen molar-refractivity contribution in [1.29, 1.82) is 0 Å². The third-order valence-corrected chi connectivity index (χ3v) is 4.23. The first-order valence-electron chi connectivity index (χ1n) is 8.48. The number of hydrogen-bond acceptors (Lipinski definition) is 6. The van der Waals surface area contributed by atoms with Gasteiger partial charge < -0.3 is 25.8 Å². The second-order valence-electron chi connectivity index (χ2n) is 6.20. The Kier molecular flexibility index (Phi) is 5.35. The van der Waals surface area contributed by atoms with Gasteiger partial charge >= 0.3 is 6.03 Å². The van der Waals surface area contributed by atoms with Gasteiger partial charge in [0.05, 0.1) is 6.54 Å². The molecular formula is C17H22N6O3. The Morgan fingerprint density at radius 2 is 2.08 bits per heavy atom. The molecule has 1 atom stereocenters. The van der Waals surface area contributed by atoms with Crippen LogP contribution in [0.5, 0.6) is 0 Å². The lowest BCUT2D eigenvalue weighted by molar-refractivity contribution is -0.131. The number of amides is 3. The fourth-order valence-corrected chi connectivity index (χ4v) is 2.91. The maximum Gasteiger partial charge on any atom is 0.315 e. The Hall–Kier alpha value is -3.10. The van der Waals surface area contributed by atoms with Crippen LogP contribution in [0, 0.1) is 6.92 Å². The summed E-state index contributed by atoms with van der Waals surface area (Å²) in [4.78, 5) is 30.2. The van der Waals surface area contributed by atoms with E-state index in [0.29, 0.717) is 30.5 Å². The maximum atomic E-state index is 12.4. The van der Waals surface area contributed by atoms with E-state index < -0.39 is 6.03 Å². The molecule has 0 bridgehead atoms. The average molecular weight is 358 g/mol. The lowest BCUT2D eigenvalue weighted by atomic mass is 10.2. The van der Waals surface area contributed by atoms with Crippen LogP contribution in [-0.4, -0.2) is 40.1 Å². The minimum Gasteiger partial charge on any atom is -0.399 e. The highest BCUT2D eigenvalue weighted by atomic mass is 16.5. The number of anilines is 1. The van der Waals surface area contributed by atoms with Gasteiger partial charge in [0, 0.05) is 18.8 Å². The van der Waals surface area contributed by atoms with Crippen molar-refractivity contribution in [3.63, 3.8) is 0 Å². The van der Waals surface area contributed by atoms with E-state index in [4.69, 9.17) is 10.3 Å². The fraction of sp³-hybridized carbons (Fsp3) is 0.412. The van der Waals surface area contributed by atoms with Gasteiger partial charge in [0.2, 0.25) is 11.8 Å². The third kappa shape index (κ3) is 4.29. The third-order valence-electron chi connectivity index (χ3n) is 4.23. The summed E-state index contributed by atoms with van der Waals surface area (Å²) >= 11 is 0. The number of likely N-dealkylation sites (tertiary alicyclic amines) is 1. The second-order valence-corrected chi connectivity index (χ2v) is 6.20. The molecule has 9 heteroatoms. The van der Waals surface area contributed by atoms with E-state index in [1.54, 1.807) is 24.0 Å². The van der Waals surface area contributed by atoms with Gasteiger partial charge in [-0.2, -0.15) is 4.98 Å². The van der Waals surface area contributed by atoms with Crippen molar-refractivity contribution in [2.45, 2.75) is 32.4 Å². The number of nitrogens with zero attached hydrogens (tertiary/aromatic N) is 3. The van der Waals surface area contributed by atoms with E-state index >= 15 is 0 Å². The summed E-state index contributed by atoms with van der Waals surface area (Å²) in [6, 6.07) is 6.59. The molecule has 1 fully saturated rings. The van der Waals surface area contributed by atoms with Gasteiger partial charge in [0.1, 0.15) is 6.04 Å². The van der Waals surface area contributed by atoms with Crippen LogP contribution in [-0.2, 0) is 11.3 Å². The minimum atomic E-state index is -0.403. The summed E-state index contributed by atoms with van der Waals surface area (Å²) in [5.41, 5.74) is 7.21. The van der Waals surface area contributed by atoms with Gasteiger partial charge in [0.25, 0.3) is 0 Å². The van der Waals surface area contributed by atoms with Crippen molar-refractivity contribution in [1.82, 2.24) is 25.7 Å². The zero-order chi connectivity index (χ0) is 18.5. The van der Waals surface area contributed by atoms with Crippen LogP contribution >= 0.6 is 0 Å². The molecule has 4 N–H and O–H groups in total. The van der Waals surface area contributed by atoms with Gasteiger partial charge in [-0.1, -0.05) is 17.3 Å². The highest BCUT2D eigenvalue weighted by Gasteiger charge is 2.33. The van der Waals surface area contributed by atoms with E-state index in [-0.39, 0.29) is 18.5 Å². The molecule has 3 rings (SSSR count). The number of rotatable bonds is 5. The van der Waals surface area contributed by atoms with Crippen LogP contribution in [0.25, 0.3) is 0 Å². The van der Waals surface area contributed by atoms with E-state index in [1.165, 1.54) is 0 Å². The number of nitrogens with two attached hydrogens (primary N) is 1. The molecule has 2 aromatic rings. The molecule has 0 aliphatic carbocycles. The summed E-state index contributed by atoms with van der Waals surface area (Å²) in [5, 5.41) is 9.07. The Morgan fingerprint density at radius 1 is 1.31 bits per heavy atom. The molecule has 1 aliphatic rings. The van der Waals surface area contributed by atoms with Gasteiger partial charge in [-0.3, -0.25) is 4.79 Å². The molecule has 1 saturated heterocycles. The Balaban J connectivity index is 1.46. The first-order chi connectivity index (χ1) is 12.5. The molecule has 0 saturated carbocycles. The van der Waals surface area contributed by atoms with Crippen LogP contribution in [0.15, 0.2) is 28.8 Å². The zero-order valence-corrected chi connectivity index (χ0v) is 14.6. The number of nitrogens with one attached hydrogen (secondary N) is 2. The number of hydrogen-bond donors (Lipinski definition) is 3. The van der Waals surface area contributed by atoms with E-state index in [0.717, 1.165) is 18.4 Å². The number of nitrogen functional groups attached to an aromatic ring is 1. The standard InChI is InChI=1S/C17H22N6O3/c1-11-21-16(26-22-11)14-3-2-8-23(14)15(24)10-20-17(25)19-9-12-4-6-13(18)7-5-12/h4-7,14H,2-3,8-10,18H2,1H3,(H2,19,20,25). The SMILES string of the molecule is Cc1noc(C2CCCN2C(=O)CNC(=O)NCc2ccc(N)cc2)n1. The molecule has 1 aromatic heterocycles. The van der Waals surface area contributed by atoms with E-state index in [2.05, 4.69) is 20.8 Å². The van der Waals surface area contributed by atoms with Crippen molar-refractivity contribution in [3.8, 4) is 0 Å². The first kappa shape index (κ1) is 17.7. The monoisotopic (exact) mass is 358 g/mol. The number of aryl methyl sites for hydroxylation is 1. The van der Waals surface area contributed by atoms with Crippen molar-refractivity contribution >= 4 is 17.6 Å². The van der Waals surface area contributed by atoms with Crippen molar-refractivity contribution in [3.05, 3.63) is 41.5 Å². The van der Waals surface area contributed by atoms with Crippen molar-refractivity contribution in [2.24, 2.45) is 0 Å². The van der Waals surface area contributed by atoms with Gasteiger partial charge in [-0.25, -0.2) is 4.79 Å². The molecule has 0 radical (unpaired) electrons. The summed E-state index contributed by atoms with van der Waals surface area (Å²) in [5.74, 6) is 0.812. The fourth-order valence-electron chi connectivity index (χ4n) is 2.91. The lowest BCUT2D eigenvalue weighted by Gasteiger charge is -2.22. The predicted molar refractivity (Wildman–Crippen MR) is 93.8 cm³/mol. The summed E-state index contributed by atoms with van der Waals surface area (Å²) in [6.45, 7) is 2.62. The van der Waals surface area contributed by atoms with Gasteiger partial charge in [0.15, 0.2) is 5.82 Å². The summed E-state index contributed by atoms with van der Waals surface area (Å²) < 4.78 is 5.19. The predicted octanol–water partition coefficient (Wildman–Crippen LogP) is 1.12. The molecular weight excluding hydrogens is 336 g/mol. The molecule has 138 valence electrons. The largest absolute Gasteiger partial charge is 0.399 e. The van der Waals surface area contributed by atoms with Crippen LogP contribution in [0.4, 0.5) is 10.5 Å². The lowest BCUT2D eigenvalue weighted by Crippen LogP contribution is -2.43. The van der Waals surface area contributed by atoms with Crippen LogP contribution in [0.2, 0.25) is 0 Å². The van der Waals surface area contributed by atoms with Gasteiger partial charge in [-0.15, -0.1) is 0 Å². The molecule has 3 amide bonds. The quantitative estimate of drug-likeness (QED) is 0.688. The minimum absolute atomic E-state index is 0.0861. The topological polar surface area (TPSA) is 126 Å². The van der Waals surface area contributed by atoms with Crippen LogP contribution < -0.4 is 16.4 Å². The number of carbonyl (C=O) groups excluding carboxylic acids is 2. The van der Waals surface area contributed by atoms with Crippen molar-refractivity contribution < 1.29 is 14.1 Å². The highest BCUT2D eigenvalue weighted by molar-refractivity contribution is 5.84. The number of aromatic nitrogens is 2. The first-order valence-corrected chi connectivity index (χ1v) is 8.48. The zero-order valence-electron chi connectivity index (χ0n) is 14.6. The van der Waals surface area contributed by atoms with Crippen molar-refractivity contribution in [2.75, 3.05) is 18.8 Å². The highest BCUT2D eigenvalue weighted by Crippen LogP contribution is 2.30. The Bertz CT molecular complexity index is 773. The van der Waals surface area contributed by atoms with E-state index in [1.807, 2.05) is 12.1 Å². The maximum absolute atomic E-state index is 12.4. The average Bonchev–Trinajstić information content (AvgIpc) is 3.27. The summed E-state index contributed by atoms with van der Waals surface area (Å²) in [6.07, 6.45) is 1.64. The molecule has 1 unspecified atom stereocenters. The Labute approximate surface area is 150 Å². The van der Waals surface area contributed by atoms with E-state index in [9.17, 15) is 9.59 Å². The molecule has 26 heavy (non-hydrogen) atoms. The smallest absolute Gasteiger partial charge is 0.315 e.